The highest BCUT2D eigenvalue weighted by atomic mass is 32.1. The average molecular weight is 440 g/mol. The molecule has 5 nitrogen and oxygen atoms in total. The lowest BCUT2D eigenvalue weighted by molar-refractivity contribution is 0.465. The van der Waals surface area contributed by atoms with Crippen molar-refractivity contribution in [3.63, 3.8) is 0 Å². The van der Waals surface area contributed by atoms with Crippen LogP contribution in [0.5, 0.6) is 0 Å². The summed E-state index contributed by atoms with van der Waals surface area (Å²) in [4.78, 5) is 9.62. The molecule has 0 spiro atoms. The van der Waals surface area contributed by atoms with Gasteiger partial charge in [0.25, 0.3) is 0 Å². The van der Waals surface area contributed by atoms with Crippen LogP contribution >= 0.6 is 11.3 Å². The van der Waals surface area contributed by atoms with Crippen molar-refractivity contribution in [1.82, 2.24) is 24.9 Å². The fraction of sp³-hybridized carbons (Fsp3) is 0.520. The molecular weight excluding hydrogens is 402 g/mol. The van der Waals surface area contributed by atoms with Crippen molar-refractivity contribution in [2.75, 3.05) is 13.1 Å². The first-order chi connectivity index (χ1) is 15.1. The Morgan fingerprint density at radius 2 is 1.81 bits per heavy atom. The topological polar surface area (TPSA) is 58.0 Å². The van der Waals surface area contributed by atoms with Crippen molar-refractivity contribution >= 4 is 27.2 Å². The molecule has 0 amide bonds. The van der Waals surface area contributed by atoms with Crippen LogP contribution in [0.4, 0.5) is 0 Å². The van der Waals surface area contributed by atoms with E-state index in [4.69, 9.17) is 0 Å². The smallest absolute Gasteiger partial charge is 0.158 e. The number of pyridine rings is 1. The van der Waals surface area contributed by atoms with Gasteiger partial charge < -0.3 is 10.3 Å². The first-order valence-electron chi connectivity index (χ1n) is 11.8. The van der Waals surface area contributed by atoms with E-state index in [0.29, 0.717) is 11.8 Å². The third-order valence-corrected chi connectivity index (χ3v) is 7.02. The number of hydrogen-bond acceptors (Lipinski definition) is 4. The number of nitrogens with zero attached hydrogens (tertiary/aromatic N) is 3. The van der Waals surface area contributed by atoms with Crippen molar-refractivity contribution < 1.29 is 0 Å². The lowest BCUT2D eigenvalue weighted by Crippen LogP contribution is -2.26. The first-order valence-corrected chi connectivity index (χ1v) is 12.6. The minimum atomic E-state index is 0.458. The summed E-state index contributed by atoms with van der Waals surface area (Å²) in [5.74, 6) is 1.16. The Morgan fingerprint density at radius 1 is 1.10 bits per heavy atom. The first kappa shape index (κ1) is 23.5. The summed E-state index contributed by atoms with van der Waals surface area (Å²) in [5.41, 5.74) is 7.18. The van der Waals surface area contributed by atoms with Crippen LogP contribution in [-0.2, 0) is 0 Å². The molecule has 5 rings (SSSR count). The van der Waals surface area contributed by atoms with E-state index in [1.54, 1.807) is 6.33 Å². The summed E-state index contributed by atoms with van der Waals surface area (Å²) in [6.45, 7) is 16.9. The van der Waals surface area contributed by atoms with Gasteiger partial charge >= 0.3 is 0 Å². The zero-order chi connectivity index (χ0) is 22.5. The number of piperidine rings is 1. The van der Waals surface area contributed by atoms with Gasteiger partial charge in [-0.1, -0.05) is 41.5 Å². The van der Waals surface area contributed by atoms with Gasteiger partial charge in [0.2, 0.25) is 0 Å². The Hall–Kier alpha value is -2.18. The summed E-state index contributed by atoms with van der Waals surface area (Å²) in [6, 6.07) is 4.62. The van der Waals surface area contributed by atoms with E-state index in [1.807, 2.05) is 43.5 Å². The zero-order valence-electron chi connectivity index (χ0n) is 20.0. The average Bonchev–Trinajstić information content (AvgIpc) is 3.51. The third kappa shape index (κ3) is 4.55. The van der Waals surface area contributed by atoms with Gasteiger partial charge in [-0.3, -0.25) is 0 Å². The maximum atomic E-state index is 4.35. The number of fused-ring (bicyclic) bond motifs is 2. The lowest BCUT2D eigenvalue weighted by Gasteiger charge is -2.21. The summed E-state index contributed by atoms with van der Waals surface area (Å²) in [7, 11) is 0. The fourth-order valence-corrected chi connectivity index (χ4v) is 5.82. The molecule has 0 aromatic carbocycles. The highest BCUT2D eigenvalue weighted by Crippen LogP contribution is 2.43. The van der Waals surface area contributed by atoms with Gasteiger partial charge in [-0.25, -0.2) is 9.50 Å². The number of H-pyrrole nitrogens is 1. The van der Waals surface area contributed by atoms with Crippen LogP contribution in [0, 0.1) is 6.92 Å². The Kier molecular flexibility index (Phi) is 7.89. The van der Waals surface area contributed by atoms with Gasteiger partial charge in [0.1, 0.15) is 6.33 Å². The van der Waals surface area contributed by atoms with Crippen molar-refractivity contribution in [3.8, 4) is 11.3 Å². The Balaban J connectivity index is 0.000000645. The van der Waals surface area contributed by atoms with Crippen LogP contribution in [0.15, 0.2) is 24.7 Å². The largest absolute Gasteiger partial charge is 0.354 e. The van der Waals surface area contributed by atoms with Crippen LogP contribution < -0.4 is 5.32 Å². The molecule has 1 fully saturated rings. The molecule has 0 aliphatic carbocycles. The van der Waals surface area contributed by atoms with E-state index >= 15 is 0 Å². The number of aromatic nitrogens is 4. The summed E-state index contributed by atoms with van der Waals surface area (Å²) in [6.07, 6.45) is 6.20. The van der Waals surface area contributed by atoms with Crippen molar-refractivity contribution in [3.05, 3.63) is 40.7 Å². The second kappa shape index (κ2) is 10.4. The highest BCUT2D eigenvalue weighted by molar-refractivity contribution is 7.19. The molecule has 31 heavy (non-hydrogen) atoms. The summed E-state index contributed by atoms with van der Waals surface area (Å²) >= 11 is 1.99. The highest BCUT2D eigenvalue weighted by Gasteiger charge is 2.23. The fourth-order valence-electron chi connectivity index (χ4n) is 4.34. The summed E-state index contributed by atoms with van der Waals surface area (Å²) in [5, 5.41) is 7.82. The van der Waals surface area contributed by atoms with Gasteiger partial charge in [-0.05, 0) is 68.0 Å². The molecule has 2 N–H and O–H groups in total. The molecule has 5 heterocycles. The van der Waals surface area contributed by atoms with Crippen LogP contribution in [0.25, 0.3) is 27.1 Å². The molecule has 4 aromatic heterocycles. The molecular formula is C25H37N5S. The molecule has 0 radical (unpaired) electrons. The molecule has 1 aliphatic rings. The molecule has 6 heteroatoms. The lowest BCUT2D eigenvalue weighted by atomic mass is 9.96. The molecule has 0 saturated carbocycles. The van der Waals surface area contributed by atoms with Crippen LogP contribution in [0.2, 0.25) is 0 Å². The normalized spacial score (nSPS) is 14.5. The zero-order valence-corrected chi connectivity index (χ0v) is 20.9. The molecule has 0 unspecified atom stereocenters. The number of rotatable bonds is 3. The summed E-state index contributed by atoms with van der Waals surface area (Å²) < 4.78 is 3.30. The second-order valence-electron chi connectivity index (χ2n) is 7.92. The number of hydrogen-bond donors (Lipinski definition) is 2. The van der Waals surface area contributed by atoms with Gasteiger partial charge in [-0.15, -0.1) is 11.3 Å². The maximum Gasteiger partial charge on any atom is 0.158 e. The standard InChI is InChI=1S/C21H25N5S.2C2H6/c1-12(2)18-19(15-8-13(3)21-23-11-24-26(21)10-15)25-16-9-17(27-20(16)18)14-4-6-22-7-5-14;2*1-2/h8-12,14,22,25H,4-7H2,1-3H3;2*1-2H3. The van der Waals surface area contributed by atoms with Crippen molar-refractivity contribution in [1.29, 1.82) is 0 Å². The molecule has 4 aromatic rings. The van der Waals surface area contributed by atoms with E-state index < -0.39 is 0 Å². The molecule has 0 atom stereocenters. The van der Waals surface area contributed by atoms with Gasteiger partial charge in [0.05, 0.1) is 15.9 Å². The number of thiophene rings is 1. The van der Waals surface area contributed by atoms with Crippen LogP contribution in [0.3, 0.4) is 0 Å². The number of nitrogens with one attached hydrogen (secondary N) is 2. The van der Waals surface area contributed by atoms with Crippen molar-refractivity contribution in [2.45, 2.75) is 73.1 Å². The number of aromatic amines is 1. The number of aryl methyl sites for hydroxylation is 1. The predicted octanol–water partition coefficient (Wildman–Crippen LogP) is 6.89. The van der Waals surface area contributed by atoms with Gasteiger partial charge in [0, 0.05) is 16.6 Å². The van der Waals surface area contributed by atoms with Crippen LogP contribution in [-0.4, -0.2) is 32.7 Å². The van der Waals surface area contributed by atoms with E-state index in [9.17, 15) is 0 Å². The Bertz CT molecular complexity index is 1110. The van der Waals surface area contributed by atoms with Crippen molar-refractivity contribution in [2.24, 2.45) is 0 Å². The molecule has 1 aliphatic heterocycles. The van der Waals surface area contributed by atoms with E-state index in [0.717, 1.165) is 24.3 Å². The third-order valence-electron chi connectivity index (χ3n) is 5.69. The van der Waals surface area contributed by atoms with E-state index in [2.05, 4.69) is 59.5 Å². The Labute approximate surface area is 190 Å². The molecule has 0 bridgehead atoms. The van der Waals surface area contributed by atoms with Crippen LogP contribution in [0.1, 0.15) is 82.2 Å². The quantitative estimate of drug-likeness (QED) is 0.365. The second-order valence-corrected chi connectivity index (χ2v) is 9.01. The molecule has 168 valence electrons. The predicted molar refractivity (Wildman–Crippen MR) is 135 cm³/mol. The maximum absolute atomic E-state index is 4.35. The SMILES string of the molecule is CC.CC.Cc1cc(-c2[nH]c3cc(C4CCNCC4)sc3c2C(C)C)cn2ncnc12. The monoisotopic (exact) mass is 439 g/mol. The van der Waals surface area contributed by atoms with E-state index in [-0.39, 0.29) is 0 Å². The minimum Gasteiger partial charge on any atom is -0.354 e. The minimum absolute atomic E-state index is 0.458. The molecule has 1 saturated heterocycles. The van der Waals surface area contributed by atoms with E-state index in [1.165, 1.54) is 44.8 Å². The van der Waals surface area contributed by atoms with Gasteiger partial charge in [-0.2, -0.15) is 5.10 Å². The van der Waals surface area contributed by atoms with Gasteiger partial charge in [0.15, 0.2) is 5.65 Å². The Morgan fingerprint density at radius 3 is 2.48 bits per heavy atom.